The molecule has 1 fully saturated rings. The fourth-order valence-electron chi connectivity index (χ4n) is 3.52. The molecule has 7 heteroatoms. The van der Waals surface area contributed by atoms with Crippen LogP contribution in [0.15, 0.2) is 59.1 Å². The van der Waals surface area contributed by atoms with Crippen LogP contribution in [-0.2, 0) is 4.74 Å². The van der Waals surface area contributed by atoms with E-state index in [4.69, 9.17) is 9.26 Å². The first-order valence-electron chi connectivity index (χ1n) is 9.52. The molecule has 1 aliphatic heterocycles. The highest BCUT2D eigenvalue weighted by atomic mass is 16.5. The maximum absolute atomic E-state index is 12.7. The van der Waals surface area contributed by atoms with Crippen molar-refractivity contribution in [2.24, 2.45) is 0 Å². The Kier molecular flexibility index (Phi) is 5.37. The van der Waals surface area contributed by atoms with Crippen LogP contribution in [0.3, 0.4) is 0 Å². The average Bonchev–Trinajstić information content (AvgIpc) is 3.29. The Hall–Kier alpha value is -3.48. The Morgan fingerprint density at radius 3 is 2.55 bits per heavy atom. The molecule has 3 aromatic rings. The zero-order valence-electron chi connectivity index (χ0n) is 16.1. The highest BCUT2D eigenvalue weighted by Gasteiger charge is 2.29. The first-order chi connectivity index (χ1) is 14.2. The number of benzene rings is 2. The molecule has 1 atom stereocenters. The molecule has 4 rings (SSSR count). The van der Waals surface area contributed by atoms with E-state index in [9.17, 15) is 9.59 Å². The lowest BCUT2D eigenvalue weighted by molar-refractivity contribution is 0.0600. The molecule has 0 N–H and O–H groups in total. The Bertz CT molecular complexity index is 998. The van der Waals surface area contributed by atoms with Gasteiger partial charge in [-0.2, -0.15) is 4.98 Å². The summed E-state index contributed by atoms with van der Waals surface area (Å²) in [4.78, 5) is 30.7. The van der Waals surface area contributed by atoms with Crippen molar-refractivity contribution in [2.75, 3.05) is 20.2 Å². The van der Waals surface area contributed by atoms with E-state index >= 15 is 0 Å². The Morgan fingerprint density at radius 2 is 1.83 bits per heavy atom. The van der Waals surface area contributed by atoms with Gasteiger partial charge in [-0.1, -0.05) is 35.5 Å². The average molecular weight is 391 g/mol. The number of amides is 1. The first kappa shape index (κ1) is 18.9. The summed E-state index contributed by atoms with van der Waals surface area (Å²) in [5.41, 5.74) is 1.90. The summed E-state index contributed by atoms with van der Waals surface area (Å²) < 4.78 is 10.2. The summed E-state index contributed by atoms with van der Waals surface area (Å²) in [7, 11) is 1.34. The van der Waals surface area contributed by atoms with Crippen LogP contribution in [-0.4, -0.2) is 47.1 Å². The molecule has 1 amide bonds. The zero-order chi connectivity index (χ0) is 20.2. The Labute approximate surface area is 168 Å². The van der Waals surface area contributed by atoms with E-state index < -0.39 is 5.97 Å². The number of piperidine rings is 1. The number of likely N-dealkylation sites (tertiary alicyclic amines) is 1. The van der Waals surface area contributed by atoms with Crippen LogP contribution in [0.1, 0.15) is 45.4 Å². The number of hydrogen-bond acceptors (Lipinski definition) is 6. The molecule has 1 aromatic heterocycles. The van der Waals surface area contributed by atoms with Crippen LogP contribution in [0.25, 0.3) is 11.4 Å². The monoisotopic (exact) mass is 391 g/mol. The van der Waals surface area contributed by atoms with Crippen molar-refractivity contribution < 1.29 is 18.8 Å². The molecule has 2 heterocycles. The van der Waals surface area contributed by atoms with Crippen LogP contribution in [0.4, 0.5) is 0 Å². The van der Waals surface area contributed by atoms with Crippen molar-refractivity contribution in [1.29, 1.82) is 0 Å². The summed E-state index contributed by atoms with van der Waals surface area (Å²) in [5.74, 6) is 0.627. The van der Waals surface area contributed by atoms with E-state index in [-0.39, 0.29) is 11.8 Å². The van der Waals surface area contributed by atoms with E-state index in [0.717, 1.165) is 24.9 Å². The van der Waals surface area contributed by atoms with Crippen molar-refractivity contribution in [2.45, 2.75) is 18.8 Å². The van der Waals surface area contributed by atoms with Crippen molar-refractivity contribution in [3.63, 3.8) is 0 Å². The third-order valence-electron chi connectivity index (χ3n) is 5.08. The lowest BCUT2D eigenvalue weighted by atomic mass is 9.97. The van der Waals surface area contributed by atoms with Gasteiger partial charge in [-0.15, -0.1) is 0 Å². The number of nitrogens with zero attached hydrogens (tertiary/aromatic N) is 3. The van der Waals surface area contributed by atoms with Gasteiger partial charge >= 0.3 is 5.97 Å². The van der Waals surface area contributed by atoms with E-state index in [2.05, 4.69) is 10.1 Å². The molecule has 2 aromatic carbocycles. The highest BCUT2D eigenvalue weighted by molar-refractivity contribution is 5.94. The summed E-state index contributed by atoms with van der Waals surface area (Å²) in [6.45, 7) is 1.27. The lowest BCUT2D eigenvalue weighted by Gasteiger charge is -2.31. The third kappa shape index (κ3) is 4.03. The van der Waals surface area contributed by atoms with Crippen molar-refractivity contribution in [3.05, 3.63) is 71.6 Å². The van der Waals surface area contributed by atoms with Gasteiger partial charge in [0.15, 0.2) is 0 Å². The molecule has 148 valence electrons. The summed E-state index contributed by atoms with van der Waals surface area (Å²) in [6, 6.07) is 16.1. The lowest BCUT2D eigenvalue weighted by Crippen LogP contribution is -2.39. The van der Waals surface area contributed by atoms with Gasteiger partial charge in [0.2, 0.25) is 11.7 Å². The second kappa shape index (κ2) is 8.26. The second-order valence-corrected chi connectivity index (χ2v) is 6.98. The normalized spacial score (nSPS) is 16.4. The summed E-state index contributed by atoms with van der Waals surface area (Å²) in [6.07, 6.45) is 1.77. The second-order valence-electron chi connectivity index (χ2n) is 6.98. The van der Waals surface area contributed by atoms with Crippen LogP contribution >= 0.6 is 0 Å². The Balaban J connectivity index is 1.47. The first-order valence-corrected chi connectivity index (χ1v) is 9.52. The maximum atomic E-state index is 12.7. The third-order valence-corrected chi connectivity index (χ3v) is 5.08. The number of carbonyl (C=O) groups is 2. The Morgan fingerprint density at radius 1 is 1.07 bits per heavy atom. The predicted octanol–water partition coefficient (Wildman–Crippen LogP) is 3.54. The number of hydrogen-bond donors (Lipinski definition) is 0. The minimum atomic E-state index is -0.393. The highest BCUT2D eigenvalue weighted by Crippen LogP contribution is 2.28. The van der Waals surface area contributed by atoms with Crippen LogP contribution in [0, 0.1) is 0 Å². The predicted molar refractivity (Wildman–Crippen MR) is 105 cm³/mol. The van der Waals surface area contributed by atoms with Gasteiger partial charge in [-0.25, -0.2) is 4.79 Å². The molecule has 29 heavy (non-hydrogen) atoms. The van der Waals surface area contributed by atoms with Crippen LogP contribution in [0.2, 0.25) is 0 Å². The number of ether oxygens (including phenoxy) is 1. The van der Waals surface area contributed by atoms with Crippen molar-refractivity contribution in [1.82, 2.24) is 15.0 Å². The van der Waals surface area contributed by atoms with Gasteiger partial charge in [-0.05, 0) is 37.1 Å². The van der Waals surface area contributed by atoms with E-state index in [1.807, 2.05) is 35.2 Å². The smallest absolute Gasteiger partial charge is 0.337 e. The fraction of sp³-hybridized carbons (Fsp3) is 0.273. The molecule has 1 saturated heterocycles. The molecule has 1 aliphatic rings. The molecular weight excluding hydrogens is 370 g/mol. The van der Waals surface area contributed by atoms with E-state index in [1.165, 1.54) is 7.11 Å². The SMILES string of the molecule is COC(=O)c1ccc(-c2noc(C3CCCN(C(=O)c4ccccc4)C3)n2)cc1. The molecule has 0 aliphatic carbocycles. The topological polar surface area (TPSA) is 85.5 Å². The number of rotatable bonds is 4. The van der Waals surface area contributed by atoms with Crippen LogP contribution < -0.4 is 0 Å². The van der Waals surface area contributed by atoms with E-state index in [0.29, 0.717) is 29.4 Å². The van der Waals surface area contributed by atoms with Gasteiger partial charge < -0.3 is 14.2 Å². The number of aromatic nitrogens is 2. The van der Waals surface area contributed by atoms with Gasteiger partial charge in [0.1, 0.15) is 0 Å². The van der Waals surface area contributed by atoms with Gasteiger partial charge in [-0.3, -0.25) is 4.79 Å². The van der Waals surface area contributed by atoms with Crippen LogP contribution in [0.5, 0.6) is 0 Å². The fourth-order valence-corrected chi connectivity index (χ4v) is 3.52. The molecular formula is C22H21N3O4. The molecule has 0 radical (unpaired) electrons. The molecule has 0 bridgehead atoms. The minimum absolute atomic E-state index is 0.00649. The maximum Gasteiger partial charge on any atom is 0.337 e. The number of esters is 1. The quantitative estimate of drug-likeness (QED) is 0.633. The molecule has 7 nitrogen and oxygen atoms in total. The minimum Gasteiger partial charge on any atom is -0.465 e. The van der Waals surface area contributed by atoms with E-state index in [1.54, 1.807) is 24.3 Å². The number of carbonyl (C=O) groups excluding carboxylic acids is 2. The zero-order valence-corrected chi connectivity index (χ0v) is 16.1. The van der Waals surface area contributed by atoms with Gasteiger partial charge in [0.05, 0.1) is 18.6 Å². The molecule has 1 unspecified atom stereocenters. The molecule has 0 saturated carbocycles. The van der Waals surface area contributed by atoms with Crippen molar-refractivity contribution in [3.8, 4) is 11.4 Å². The molecule has 0 spiro atoms. The van der Waals surface area contributed by atoms with Gasteiger partial charge in [0.25, 0.3) is 5.91 Å². The summed E-state index contributed by atoms with van der Waals surface area (Å²) in [5, 5.41) is 4.08. The largest absolute Gasteiger partial charge is 0.465 e. The summed E-state index contributed by atoms with van der Waals surface area (Å²) >= 11 is 0. The number of methoxy groups -OCH3 is 1. The van der Waals surface area contributed by atoms with Crippen molar-refractivity contribution >= 4 is 11.9 Å². The van der Waals surface area contributed by atoms with Gasteiger partial charge in [0, 0.05) is 24.2 Å². The standard InChI is InChI=1S/C22H21N3O4/c1-28-22(27)17-11-9-15(10-12-17)19-23-20(29-24-19)18-8-5-13-25(14-18)21(26)16-6-3-2-4-7-16/h2-4,6-7,9-12,18H,5,8,13-14H2,1H3.